The van der Waals surface area contributed by atoms with Crippen molar-refractivity contribution in [3.8, 4) is 11.3 Å². The van der Waals surface area contributed by atoms with Crippen molar-refractivity contribution in [3.63, 3.8) is 0 Å². The van der Waals surface area contributed by atoms with Crippen molar-refractivity contribution in [2.45, 2.75) is 26.7 Å². The van der Waals surface area contributed by atoms with E-state index in [4.69, 9.17) is 0 Å². The highest BCUT2D eigenvalue weighted by molar-refractivity contribution is 6.00. The normalized spacial score (nSPS) is 14.6. The third kappa shape index (κ3) is 2.46. The van der Waals surface area contributed by atoms with Crippen LogP contribution in [0.4, 0.5) is 5.82 Å². The van der Waals surface area contributed by atoms with E-state index in [0.717, 1.165) is 30.2 Å². The summed E-state index contributed by atoms with van der Waals surface area (Å²) in [5.41, 5.74) is 4.72. The second-order valence-electron chi connectivity index (χ2n) is 6.41. The van der Waals surface area contributed by atoms with E-state index in [1.54, 1.807) is 0 Å². The summed E-state index contributed by atoms with van der Waals surface area (Å²) in [7, 11) is 0. The van der Waals surface area contributed by atoms with Gasteiger partial charge in [0.05, 0.1) is 0 Å². The van der Waals surface area contributed by atoms with Gasteiger partial charge in [-0.25, -0.2) is 0 Å². The molecule has 4 rings (SSSR count). The van der Waals surface area contributed by atoms with Crippen LogP contribution in [-0.2, 0) is 0 Å². The molecule has 23 heavy (non-hydrogen) atoms. The van der Waals surface area contributed by atoms with Crippen molar-refractivity contribution in [1.29, 1.82) is 0 Å². The van der Waals surface area contributed by atoms with E-state index in [1.165, 1.54) is 34.7 Å². The highest BCUT2D eigenvalue weighted by atomic mass is 15.3. The lowest BCUT2D eigenvalue weighted by atomic mass is 10.0. The first kappa shape index (κ1) is 14.2. The van der Waals surface area contributed by atoms with E-state index in [2.05, 4.69) is 71.4 Å². The number of benzene rings is 2. The molecule has 0 saturated carbocycles. The minimum Gasteiger partial charge on any atom is -0.355 e. The summed E-state index contributed by atoms with van der Waals surface area (Å²) >= 11 is 0. The number of fused-ring (bicyclic) bond motifs is 1. The highest BCUT2D eigenvalue weighted by Crippen LogP contribution is 2.33. The first-order valence-corrected chi connectivity index (χ1v) is 8.32. The predicted molar refractivity (Wildman–Crippen MR) is 95.9 cm³/mol. The molecule has 0 atom stereocenters. The second kappa shape index (κ2) is 5.65. The highest BCUT2D eigenvalue weighted by Gasteiger charge is 2.18. The first-order valence-electron chi connectivity index (χ1n) is 8.32. The van der Waals surface area contributed by atoms with E-state index >= 15 is 0 Å². The molecule has 3 heteroatoms. The molecule has 0 aliphatic carbocycles. The molecular weight excluding hydrogens is 282 g/mol. The summed E-state index contributed by atoms with van der Waals surface area (Å²) in [6, 6.07) is 15.0. The molecule has 0 unspecified atom stereocenters. The minimum atomic E-state index is 0.978. The smallest absolute Gasteiger partial charge is 0.159 e. The van der Waals surface area contributed by atoms with Gasteiger partial charge in [-0.3, -0.25) is 0 Å². The Labute approximate surface area is 137 Å². The second-order valence-corrected chi connectivity index (χ2v) is 6.41. The zero-order valence-electron chi connectivity index (χ0n) is 13.7. The molecule has 1 aliphatic rings. The number of hydrogen-bond donors (Lipinski definition) is 0. The standard InChI is InChI=1S/C20H21N3/c1-14-9-10-16(13-15(14)2)19-17-7-3-4-8-18(17)20(22-21-19)23-11-5-6-12-23/h3-4,7-10,13H,5-6,11-12H2,1-2H3. The molecule has 3 aromatic rings. The Hall–Kier alpha value is -2.42. The van der Waals surface area contributed by atoms with Crippen molar-refractivity contribution >= 4 is 16.6 Å². The Morgan fingerprint density at radius 3 is 2.30 bits per heavy atom. The van der Waals surface area contributed by atoms with Gasteiger partial charge in [0.25, 0.3) is 0 Å². The number of nitrogens with zero attached hydrogens (tertiary/aromatic N) is 3. The molecule has 1 saturated heterocycles. The van der Waals surface area contributed by atoms with Crippen LogP contribution in [0.3, 0.4) is 0 Å². The summed E-state index contributed by atoms with van der Waals surface area (Å²) in [6.45, 7) is 6.45. The van der Waals surface area contributed by atoms with Crippen molar-refractivity contribution in [3.05, 3.63) is 53.6 Å². The van der Waals surface area contributed by atoms with Crippen LogP contribution in [0.15, 0.2) is 42.5 Å². The van der Waals surface area contributed by atoms with Gasteiger partial charge in [-0.15, -0.1) is 10.2 Å². The fraction of sp³-hybridized carbons (Fsp3) is 0.300. The molecule has 0 spiro atoms. The maximum Gasteiger partial charge on any atom is 0.159 e. The minimum absolute atomic E-state index is 0.978. The maximum absolute atomic E-state index is 4.60. The van der Waals surface area contributed by atoms with Gasteiger partial charge in [0.1, 0.15) is 5.69 Å². The van der Waals surface area contributed by atoms with Crippen LogP contribution in [0.2, 0.25) is 0 Å². The molecule has 116 valence electrons. The molecule has 3 nitrogen and oxygen atoms in total. The van der Waals surface area contributed by atoms with Gasteiger partial charge in [-0.2, -0.15) is 0 Å². The summed E-state index contributed by atoms with van der Waals surface area (Å²) < 4.78 is 0. The molecule has 0 N–H and O–H groups in total. The molecule has 0 amide bonds. The summed E-state index contributed by atoms with van der Waals surface area (Å²) in [5.74, 6) is 1.03. The van der Waals surface area contributed by atoms with Crippen LogP contribution < -0.4 is 4.90 Å². The molecule has 0 bridgehead atoms. The van der Waals surface area contributed by atoms with Gasteiger partial charge in [0.2, 0.25) is 0 Å². The molecule has 2 heterocycles. The van der Waals surface area contributed by atoms with Crippen LogP contribution >= 0.6 is 0 Å². The molecule has 2 aromatic carbocycles. The van der Waals surface area contributed by atoms with Crippen molar-refractivity contribution in [1.82, 2.24) is 10.2 Å². The fourth-order valence-electron chi connectivity index (χ4n) is 3.35. The van der Waals surface area contributed by atoms with E-state index in [9.17, 15) is 0 Å². The summed E-state index contributed by atoms with van der Waals surface area (Å²) in [5, 5.41) is 11.6. The number of rotatable bonds is 2. The summed E-state index contributed by atoms with van der Waals surface area (Å²) in [6.07, 6.45) is 2.49. The number of aryl methyl sites for hydroxylation is 2. The van der Waals surface area contributed by atoms with E-state index in [0.29, 0.717) is 0 Å². The van der Waals surface area contributed by atoms with Crippen molar-refractivity contribution in [2.75, 3.05) is 18.0 Å². The van der Waals surface area contributed by atoms with Crippen LogP contribution in [-0.4, -0.2) is 23.3 Å². The van der Waals surface area contributed by atoms with Gasteiger partial charge in [-0.05, 0) is 43.9 Å². The van der Waals surface area contributed by atoms with E-state index in [-0.39, 0.29) is 0 Å². The number of aromatic nitrogens is 2. The monoisotopic (exact) mass is 303 g/mol. The molecule has 1 aliphatic heterocycles. The largest absolute Gasteiger partial charge is 0.355 e. The Morgan fingerprint density at radius 2 is 1.57 bits per heavy atom. The van der Waals surface area contributed by atoms with E-state index in [1.807, 2.05) is 0 Å². The van der Waals surface area contributed by atoms with Gasteiger partial charge in [0.15, 0.2) is 5.82 Å². The predicted octanol–water partition coefficient (Wildman–Crippen LogP) is 4.51. The first-order chi connectivity index (χ1) is 11.2. The molecular formula is C20H21N3. The third-order valence-corrected chi connectivity index (χ3v) is 4.85. The maximum atomic E-state index is 4.60. The Bertz CT molecular complexity index is 864. The van der Waals surface area contributed by atoms with Gasteiger partial charge in [-0.1, -0.05) is 36.4 Å². The Balaban J connectivity index is 1.91. The van der Waals surface area contributed by atoms with Crippen molar-refractivity contribution in [2.24, 2.45) is 0 Å². The van der Waals surface area contributed by atoms with E-state index < -0.39 is 0 Å². The van der Waals surface area contributed by atoms with Crippen LogP contribution in [0, 0.1) is 13.8 Å². The van der Waals surface area contributed by atoms with Gasteiger partial charge in [0, 0.05) is 29.4 Å². The molecule has 0 radical (unpaired) electrons. The lowest BCUT2D eigenvalue weighted by Gasteiger charge is -2.19. The zero-order chi connectivity index (χ0) is 15.8. The SMILES string of the molecule is Cc1ccc(-c2nnc(N3CCCC3)c3ccccc23)cc1C. The summed E-state index contributed by atoms with van der Waals surface area (Å²) in [4.78, 5) is 2.36. The topological polar surface area (TPSA) is 29.0 Å². The average Bonchev–Trinajstić information content (AvgIpc) is 3.11. The van der Waals surface area contributed by atoms with Gasteiger partial charge < -0.3 is 4.90 Å². The Morgan fingerprint density at radius 1 is 0.826 bits per heavy atom. The average molecular weight is 303 g/mol. The number of hydrogen-bond acceptors (Lipinski definition) is 3. The van der Waals surface area contributed by atoms with Crippen LogP contribution in [0.5, 0.6) is 0 Å². The molecule has 1 aromatic heterocycles. The van der Waals surface area contributed by atoms with Crippen LogP contribution in [0.25, 0.3) is 22.0 Å². The fourth-order valence-corrected chi connectivity index (χ4v) is 3.35. The lowest BCUT2D eigenvalue weighted by Crippen LogP contribution is -2.20. The molecule has 1 fully saturated rings. The van der Waals surface area contributed by atoms with Gasteiger partial charge >= 0.3 is 0 Å². The van der Waals surface area contributed by atoms with Crippen molar-refractivity contribution < 1.29 is 0 Å². The zero-order valence-corrected chi connectivity index (χ0v) is 13.7. The lowest BCUT2D eigenvalue weighted by molar-refractivity contribution is 0.907. The third-order valence-electron chi connectivity index (χ3n) is 4.85. The Kier molecular flexibility index (Phi) is 3.49. The number of anilines is 1. The quantitative estimate of drug-likeness (QED) is 0.697. The van der Waals surface area contributed by atoms with Crippen LogP contribution in [0.1, 0.15) is 24.0 Å².